The number of aryl methyl sites for hydroxylation is 1. The lowest BCUT2D eigenvalue weighted by molar-refractivity contribution is -0.118. The maximum atomic E-state index is 12.7. The van der Waals surface area contributed by atoms with Crippen molar-refractivity contribution in [3.8, 4) is 5.75 Å². The Morgan fingerprint density at radius 3 is 2.50 bits per heavy atom. The molecular formula is C26H35NO4S. The van der Waals surface area contributed by atoms with Crippen LogP contribution in [0.1, 0.15) is 73.8 Å². The molecule has 6 heteroatoms. The molecule has 0 saturated carbocycles. The van der Waals surface area contributed by atoms with Gasteiger partial charge >= 0.3 is 5.97 Å². The van der Waals surface area contributed by atoms with E-state index in [1.165, 1.54) is 21.8 Å². The Morgan fingerprint density at radius 2 is 1.88 bits per heavy atom. The van der Waals surface area contributed by atoms with Crippen molar-refractivity contribution < 1.29 is 19.1 Å². The summed E-state index contributed by atoms with van der Waals surface area (Å²) in [5.41, 5.74) is 3.02. The molecule has 1 amide bonds. The standard InChI is InChI=1S/C26H35NO4S/c1-6-8-17-9-12-19(13-10-17)31-16-22(28)27-24-23(25(29)30-7-2)20-14-11-18(26(3,4)5)15-21(20)32-24/h9-10,12-13,18H,6-8,11,14-16H2,1-5H3,(H,27,28)/t18-/m0/s1. The topological polar surface area (TPSA) is 64.6 Å². The Bertz CT molecular complexity index is 940. The van der Waals surface area contributed by atoms with Gasteiger partial charge in [-0.15, -0.1) is 11.3 Å². The van der Waals surface area contributed by atoms with E-state index >= 15 is 0 Å². The van der Waals surface area contributed by atoms with Crippen LogP contribution in [0.2, 0.25) is 0 Å². The Kier molecular flexibility index (Phi) is 7.99. The molecule has 174 valence electrons. The first-order chi connectivity index (χ1) is 15.2. The van der Waals surface area contributed by atoms with Crippen LogP contribution in [0.15, 0.2) is 24.3 Å². The van der Waals surface area contributed by atoms with Crippen molar-refractivity contribution in [3.05, 3.63) is 45.8 Å². The summed E-state index contributed by atoms with van der Waals surface area (Å²) in [6, 6.07) is 7.82. The molecule has 0 spiro atoms. The number of hydrogen-bond acceptors (Lipinski definition) is 5. The van der Waals surface area contributed by atoms with Gasteiger partial charge in [-0.2, -0.15) is 0 Å². The van der Waals surface area contributed by atoms with Gasteiger partial charge in [0.1, 0.15) is 10.8 Å². The largest absolute Gasteiger partial charge is 0.484 e. The van der Waals surface area contributed by atoms with Gasteiger partial charge in [-0.1, -0.05) is 46.2 Å². The van der Waals surface area contributed by atoms with Gasteiger partial charge in [0, 0.05) is 4.88 Å². The molecule has 1 aliphatic carbocycles. The molecule has 1 aliphatic rings. The zero-order chi connectivity index (χ0) is 23.3. The second-order valence-corrected chi connectivity index (χ2v) is 10.6. The van der Waals surface area contributed by atoms with Gasteiger partial charge < -0.3 is 14.8 Å². The number of anilines is 1. The van der Waals surface area contributed by atoms with Crippen LogP contribution in [0.5, 0.6) is 5.75 Å². The maximum absolute atomic E-state index is 12.7. The zero-order valence-corrected chi connectivity index (χ0v) is 20.7. The summed E-state index contributed by atoms with van der Waals surface area (Å²) in [5, 5.41) is 3.49. The molecule has 0 radical (unpaired) electrons. The predicted molar refractivity (Wildman–Crippen MR) is 130 cm³/mol. The summed E-state index contributed by atoms with van der Waals surface area (Å²) in [6.07, 6.45) is 4.90. The van der Waals surface area contributed by atoms with E-state index in [2.05, 4.69) is 33.0 Å². The van der Waals surface area contributed by atoms with E-state index in [0.717, 1.165) is 37.7 Å². The minimum atomic E-state index is -0.359. The van der Waals surface area contributed by atoms with Crippen LogP contribution in [0.4, 0.5) is 5.00 Å². The van der Waals surface area contributed by atoms with Gasteiger partial charge in [0.15, 0.2) is 6.61 Å². The molecule has 0 bridgehead atoms. The van der Waals surface area contributed by atoms with E-state index in [-0.39, 0.29) is 23.9 Å². The lowest BCUT2D eigenvalue weighted by atomic mass is 9.72. The van der Waals surface area contributed by atoms with Crippen LogP contribution in [-0.4, -0.2) is 25.1 Å². The number of ether oxygens (including phenoxy) is 2. The second kappa shape index (κ2) is 10.5. The van der Waals surface area contributed by atoms with Crippen molar-refractivity contribution in [1.82, 2.24) is 0 Å². The van der Waals surface area contributed by atoms with Gasteiger partial charge in [0.05, 0.1) is 12.2 Å². The minimum absolute atomic E-state index is 0.109. The number of carbonyl (C=O) groups excluding carboxylic acids is 2. The Hall–Kier alpha value is -2.34. The quantitative estimate of drug-likeness (QED) is 0.490. The molecule has 1 atom stereocenters. The number of carbonyl (C=O) groups is 2. The van der Waals surface area contributed by atoms with Crippen LogP contribution in [0.3, 0.4) is 0 Å². The Morgan fingerprint density at radius 1 is 1.16 bits per heavy atom. The average molecular weight is 458 g/mol. The van der Waals surface area contributed by atoms with E-state index in [4.69, 9.17) is 9.47 Å². The number of hydrogen-bond donors (Lipinski definition) is 1. The van der Waals surface area contributed by atoms with E-state index in [1.807, 2.05) is 24.3 Å². The van der Waals surface area contributed by atoms with E-state index in [1.54, 1.807) is 6.92 Å². The lowest BCUT2D eigenvalue weighted by Crippen LogP contribution is -2.26. The summed E-state index contributed by atoms with van der Waals surface area (Å²) >= 11 is 1.51. The summed E-state index contributed by atoms with van der Waals surface area (Å²) < 4.78 is 11.0. The molecular weight excluding hydrogens is 422 g/mol. The predicted octanol–water partition coefficient (Wildman–Crippen LogP) is 6.05. The van der Waals surface area contributed by atoms with Crippen molar-refractivity contribution in [2.45, 2.75) is 66.7 Å². The molecule has 1 N–H and O–H groups in total. The fourth-order valence-electron chi connectivity index (χ4n) is 4.18. The summed E-state index contributed by atoms with van der Waals surface area (Å²) in [5.74, 6) is 0.566. The summed E-state index contributed by atoms with van der Waals surface area (Å²) in [7, 11) is 0. The Balaban J connectivity index is 1.72. The van der Waals surface area contributed by atoms with Crippen molar-refractivity contribution in [1.29, 1.82) is 0 Å². The molecule has 0 aliphatic heterocycles. The van der Waals surface area contributed by atoms with Gasteiger partial charge in [-0.25, -0.2) is 4.79 Å². The summed E-state index contributed by atoms with van der Waals surface area (Å²) in [4.78, 5) is 26.6. The first-order valence-electron chi connectivity index (χ1n) is 11.6. The number of fused-ring (bicyclic) bond motifs is 1. The Labute approximate surface area is 195 Å². The number of esters is 1. The second-order valence-electron chi connectivity index (χ2n) is 9.46. The van der Waals surface area contributed by atoms with Gasteiger partial charge in [0.25, 0.3) is 5.91 Å². The average Bonchev–Trinajstić information content (AvgIpc) is 3.10. The molecule has 1 heterocycles. The van der Waals surface area contributed by atoms with E-state index in [0.29, 0.717) is 28.8 Å². The van der Waals surface area contributed by atoms with Crippen molar-refractivity contribution in [2.75, 3.05) is 18.5 Å². The first kappa shape index (κ1) is 24.3. The highest BCUT2D eigenvalue weighted by Crippen LogP contribution is 2.44. The van der Waals surface area contributed by atoms with E-state index in [9.17, 15) is 9.59 Å². The van der Waals surface area contributed by atoms with Crippen LogP contribution < -0.4 is 10.1 Å². The molecule has 0 fully saturated rings. The van der Waals surface area contributed by atoms with Crippen molar-refractivity contribution in [3.63, 3.8) is 0 Å². The summed E-state index contributed by atoms with van der Waals surface area (Å²) in [6.45, 7) is 10.9. The molecule has 0 saturated heterocycles. The minimum Gasteiger partial charge on any atom is -0.484 e. The molecule has 5 nitrogen and oxygen atoms in total. The number of nitrogens with one attached hydrogen (secondary N) is 1. The number of rotatable bonds is 8. The number of thiophene rings is 1. The van der Waals surface area contributed by atoms with Crippen LogP contribution in [0.25, 0.3) is 0 Å². The third-order valence-electron chi connectivity index (χ3n) is 6.05. The SMILES string of the molecule is CCCc1ccc(OCC(=O)Nc2sc3c(c2C(=O)OCC)CC[C@H](C(C)(C)C)C3)cc1. The van der Waals surface area contributed by atoms with Crippen molar-refractivity contribution in [2.24, 2.45) is 11.3 Å². The molecule has 3 rings (SSSR count). The number of amides is 1. The van der Waals surface area contributed by atoms with Gasteiger partial charge in [-0.05, 0) is 67.2 Å². The molecule has 2 aromatic rings. The maximum Gasteiger partial charge on any atom is 0.341 e. The third-order valence-corrected chi connectivity index (χ3v) is 7.22. The monoisotopic (exact) mass is 457 g/mol. The van der Waals surface area contributed by atoms with Gasteiger partial charge in [-0.3, -0.25) is 4.79 Å². The van der Waals surface area contributed by atoms with E-state index < -0.39 is 0 Å². The van der Waals surface area contributed by atoms with Crippen LogP contribution >= 0.6 is 11.3 Å². The smallest absolute Gasteiger partial charge is 0.341 e. The van der Waals surface area contributed by atoms with Gasteiger partial charge in [0.2, 0.25) is 0 Å². The van der Waals surface area contributed by atoms with Crippen LogP contribution in [0, 0.1) is 11.3 Å². The molecule has 32 heavy (non-hydrogen) atoms. The lowest BCUT2D eigenvalue weighted by Gasteiger charge is -2.33. The normalized spacial score (nSPS) is 15.7. The van der Waals surface area contributed by atoms with Crippen molar-refractivity contribution >= 4 is 28.2 Å². The highest BCUT2D eigenvalue weighted by atomic mass is 32.1. The molecule has 0 unspecified atom stereocenters. The zero-order valence-electron chi connectivity index (χ0n) is 19.9. The highest BCUT2D eigenvalue weighted by molar-refractivity contribution is 7.17. The molecule has 1 aromatic carbocycles. The number of benzene rings is 1. The third kappa shape index (κ3) is 5.91. The first-order valence-corrected chi connectivity index (χ1v) is 12.4. The fraction of sp³-hybridized carbons (Fsp3) is 0.538. The molecule has 1 aromatic heterocycles. The van der Waals surface area contributed by atoms with Crippen LogP contribution in [-0.2, 0) is 28.8 Å². The fourth-order valence-corrected chi connectivity index (χ4v) is 5.52. The highest BCUT2D eigenvalue weighted by Gasteiger charge is 2.34.